The third kappa shape index (κ3) is 1.95. The fraction of sp³-hybridized carbons (Fsp3) is 0.167. The van der Waals surface area contributed by atoms with Crippen LogP contribution in [-0.4, -0.2) is 20.8 Å². The lowest BCUT2D eigenvalue weighted by Gasteiger charge is -1.97. The van der Waals surface area contributed by atoms with Crippen molar-refractivity contribution in [1.82, 2.24) is 4.57 Å². The van der Waals surface area contributed by atoms with Gasteiger partial charge in [-0.15, -0.1) is 0 Å². The molecular formula is C6H6N2O5. The van der Waals surface area contributed by atoms with Gasteiger partial charge in [-0.2, -0.15) is 0 Å². The van der Waals surface area contributed by atoms with E-state index in [1.165, 1.54) is 11.6 Å². The first-order chi connectivity index (χ1) is 6.00. The van der Waals surface area contributed by atoms with Crippen molar-refractivity contribution in [2.45, 2.75) is 0 Å². The standard InChI is InChI=1S/C6H6N2O5/c1-7-3-4(8(11)12)2-5(7)13-6(9)10/h2-3H,1H3,(H,9,10). The van der Waals surface area contributed by atoms with Crippen LogP contribution in [-0.2, 0) is 7.05 Å². The number of aryl methyl sites for hydroxylation is 1. The molecule has 7 nitrogen and oxygen atoms in total. The van der Waals surface area contributed by atoms with Crippen LogP contribution in [0.3, 0.4) is 0 Å². The van der Waals surface area contributed by atoms with E-state index in [2.05, 4.69) is 4.74 Å². The van der Waals surface area contributed by atoms with Crippen LogP contribution >= 0.6 is 0 Å². The molecule has 0 spiro atoms. The van der Waals surface area contributed by atoms with Gasteiger partial charge in [0.15, 0.2) is 0 Å². The summed E-state index contributed by atoms with van der Waals surface area (Å²) in [6.07, 6.45) is -0.339. The van der Waals surface area contributed by atoms with Crippen molar-refractivity contribution >= 4 is 11.8 Å². The fourth-order valence-corrected chi connectivity index (χ4v) is 0.818. The van der Waals surface area contributed by atoms with Crippen molar-refractivity contribution in [2.75, 3.05) is 0 Å². The van der Waals surface area contributed by atoms with Crippen LogP contribution in [0.4, 0.5) is 10.5 Å². The highest BCUT2D eigenvalue weighted by Crippen LogP contribution is 2.21. The number of carbonyl (C=O) groups is 1. The van der Waals surface area contributed by atoms with Crippen LogP contribution in [0.5, 0.6) is 5.88 Å². The molecule has 1 heterocycles. The summed E-state index contributed by atoms with van der Waals surface area (Å²) in [5.41, 5.74) is -0.209. The normalized spacial score (nSPS) is 9.62. The second kappa shape index (κ2) is 3.13. The lowest BCUT2D eigenvalue weighted by molar-refractivity contribution is -0.384. The lowest BCUT2D eigenvalue weighted by atomic mass is 10.5. The quantitative estimate of drug-likeness (QED) is 0.422. The Morgan fingerprint density at radius 3 is 2.77 bits per heavy atom. The second-order valence-corrected chi connectivity index (χ2v) is 2.27. The van der Waals surface area contributed by atoms with Crippen LogP contribution in [0.1, 0.15) is 0 Å². The van der Waals surface area contributed by atoms with Gasteiger partial charge in [0.1, 0.15) is 0 Å². The molecule has 0 aliphatic heterocycles. The third-order valence-electron chi connectivity index (χ3n) is 1.35. The van der Waals surface area contributed by atoms with Gasteiger partial charge in [0.25, 0.3) is 5.69 Å². The molecule has 1 N–H and O–H groups in total. The van der Waals surface area contributed by atoms with Crippen LogP contribution in [0, 0.1) is 10.1 Å². The number of hydrogen-bond acceptors (Lipinski definition) is 4. The molecule has 1 aromatic rings. The molecule has 70 valence electrons. The van der Waals surface area contributed by atoms with Gasteiger partial charge in [-0.1, -0.05) is 0 Å². The molecule has 0 unspecified atom stereocenters. The van der Waals surface area contributed by atoms with Gasteiger partial charge in [0.05, 0.1) is 17.2 Å². The summed E-state index contributed by atoms with van der Waals surface area (Å²) in [6.45, 7) is 0. The van der Waals surface area contributed by atoms with E-state index in [4.69, 9.17) is 5.11 Å². The third-order valence-corrected chi connectivity index (χ3v) is 1.35. The summed E-state index contributed by atoms with van der Waals surface area (Å²) < 4.78 is 5.47. The Labute approximate surface area is 72.3 Å². The molecule has 0 atom stereocenters. The van der Waals surface area contributed by atoms with Gasteiger partial charge >= 0.3 is 6.16 Å². The average Bonchev–Trinajstić information content (AvgIpc) is 2.31. The number of ether oxygens (including phenoxy) is 1. The molecule has 7 heteroatoms. The maximum atomic E-state index is 10.2. The first kappa shape index (κ1) is 9.04. The molecule has 13 heavy (non-hydrogen) atoms. The molecule has 0 saturated heterocycles. The minimum Gasteiger partial charge on any atom is -0.449 e. The molecular weight excluding hydrogens is 180 g/mol. The Hall–Kier alpha value is -2.05. The summed E-state index contributed by atoms with van der Waals surface area (Å²) >= 11 is 0. The molecule has 0 aliphatic carbocycles. The van der Waals surface area contributed by atoms with Crippen LogP contribution < -0.4 is 4.74 Å². The Morgan fingerprint density at radius 2 is 2.38 bits per heavy atom. The summed E-state index contributed by atoms with van der Waals surface area (Å²) in [7, 11) is 1.45. The summed E-state index contributed by atoms with van der Waals surface area (Å²) in [5, 5.41) is 18.5. The van der Waals surface area contributed by atoms with Crippen molar-refractivity contribution in [1.29, 1.82) is 0 Å². The summed E-state index contributed by atoms with van der Waals surface area (Å²) in [4.78, 5) is 19.7. The van der Waals surface area contributed by atoms with E-state index in [0.29, 0.717) is 0 Å². The Balaban J connectivity index is 2.96. The van der Waals surface area contributed by atoms with Gasteiger partial charge in [0.2, 0.25) is 5.88 Å². The van der Waals surface area contributed by atoms with Gasteiger partial charge in [0, 0.05) is 7.05 Å². The average molecular weight is 186 g/mol. The Morgan fingerprint density at radius 1 is 1.77 bits per heavy atom. The largest absolute Gasteiger partial charge is 0.512 e. The zero-order valence-electron chi connectivity index (χ0n) is 6.63. The van der Waals surface area contributed by atoms with E-state index in [0.717, 1.165) is 12.3 Å². The van der Waals surface area contributed by atoms with E-state index in [9.17, 15) is 14.9 Å². The molecule has 0 aliphatic rings. The number of nitro groups is 1. The molecule has 0 amide bonds. The molecule has 0 saturated carbocycles. The van der Waals surface area contributed by atoms with E-state index >= 15 is 0 Å². The number of aromatic nitrogens is 1. The summed E-state index contributed by atoms with van der Waals surface area (Å²) in [5.74, 6) is -0.0841. The molecule has 1 aromatic heterocycles. The molecule has 1 rings (SSSR count). The number of carboxylic acid groups (broad SMARTS) is 1. The van der Waals surface area contributed by atoms with Gasteiger partial charge in [-0.25, -0.2) is 4.79 Å². The molecule has 0 fully saturated rings. The SMILES string of the molecule is Cn1cc([N+](=O)[O-])cc1OC(=O)O. The van der Waals surface area contributed by atoms with Gasteiger partial charge in [-0.05, 0) is 0 Å². The van der Waals surface area contributed by atoms with Crippen molar-refractivity contribution < 1.29 is 19.6 Å². The minimum atomic E-state index is -1.50. The monoisotopic (exact) mass is 186 g/mol. The topological polar surface area (TPSA) is 94.6 Å². The zero-order valence-corrected chi connectivity index (χ0v) is 6.63. The first-order valence-corrected chi connectivity index (χ1v) is 3.22. The maximum Gasteiger partial charge on any atom is 0.512 e. The van der Waals surface area contributed by atoms with Crippen molar-refractivity contribution in [3.63, 3.8) is 0 Å². The van der Waals surface area contributed by atoms with Gasteiger partial charge < -0.3 is 14.4 Å². The Kier molecular flexibility index (Phi) is 2.18. The van der Waals surface area contributed by atoms with Crippen molar-refractivity contribution in [3.8, 4) is 5.88 Å². The number of hydrogen-bond donors (Lipinski definition) is 1. The second-order valence-electron chi connectivity index (χ2n) is 2.27. The smallest absolute Gasteiger partial charge is 0.449 e. The van der Waals surface area contributed by atoms with E-state index in [1.54, 1.807) is 0 Å². The lowest BCUT2D eigenvalue weighted by Crippen LogP contribution is -2.05. The van der Waals surface area contributed by atoms with E-state index in [1.807, 2.05) is 0 Å². The van der Waals surface area contributed by atoms with Gasteiger partial charge in [-0.3, -0.25) is 10.1 Å². The van der Waals surface area contributed by atoms with Crippen molar-refractivity contribution in [3.05, 3.63) is 22.4 Å². The Bertz CT molecular complexity index is 356. The van der Waals surface area contributed by atoms with Crippen molar-refractivity contribution in [2.24, 2.45) is 7.05 Å². The molecule has 0 aromatic carbocycles. The zero-order chi connectivity index (χ0) is 10.0. The summed E-state index contributed by atoms with van der Waals surface area (Å²) in [6, 6.07) is 1.04. The molecule has 0 bridgehead atoms. The predicted molar refractivity (Wildman–Crippen MR) is 40.7 cm³/mol. The predicted octanol–water partition coefficient (Wildman–Crippen LogP) is 0.990. The first-order valence-electron chi connectivity index (χ1n) is 3.22. The highest BCUT2D eigenvalue weighted by Gasteiger charge is 2.14. The molecule has 0 radical (unpaired) electrons. The number of nitrogens with zero attached hydrogens (tertiary/aromatic N) is 2. The highest BCUT2D eigenvalue weighted by molar-refractivity contribution is 5.61. The van der Waals surface area contributed by atoms with Crippen LogP contribution in [0.15, 0.2) is 12.3 Å². The maximum absolute atomic E-state index is 10.2. The van der Waals surface area contributed by atoms with Crippen LogP contribution in [0.2, 0.25) is 0 Å². The minimum absolute atomic E-state index is 0.0841. The highest BCUT2D eigenvalue weighted by atomic mass is 16.7. The number of rotatable bonds is 2. The fourth-order valence-electron chi connectivity index (χ4n) is 0.818. The van der Waals surface area contributed by atoms with E-state index in [-0.39, 0.29) is 11.6 Å². The van der Waals surface area contributed by atoms with E-state index < -0.39 is 11.1 Å². The van der Waals surface area contributed by atoms with Crippen LogP contribution in [0.25, 0.3) is 0 Å².